The first-order valence-corrected chi connectivity index (χ1v) is 7.84. The van der Waals surface area contributed by atoms with Crippen LogP contribution in [0, 0.1) is 6.92 Å². The van der Waals surface area contributed by atoms with Crippen LogP contribution in [0.15, 0.2) is 53.7 Å². The summed E-state index contributed by atoms with van der Waals surface area (Å²) in [5.74, 6) is -0.879. The molecule has 0 aliphatic rings. The fraction of sp³-hybridized carbons (Fsp3) is 0.111. The van der Waals surface area contributed by atoms with Crippen LogP contribution in [0.25, 0.3) is 0 Å². The van der Waals surface area contributed by atoms with Crippen LogP contribution in [-0.2, 0) is 4.79 Å². The van der Waals surface area contributed by atoms with Crippen molar-refractivity contribution in [3.8, 4) is 5.75 Å². The van der Waals surface area contributed by atoms with E-state index in [9.17, 15) is 9.90 Å². The van der Waals surface area contributed by atoms with Gasteiger partial charge in [0.05, 0.1) is 12.1 Å². The molecule has 0 bridgehead atoms. The summed E-state index contributed by atoms with van der Waals surface area (Å²) < 4.78 is 0. The third kappa shape index (κ3) is 4.60. The van der Waals surface area contributed by atoms with Crippen LogP contribution in [0.2, 0.25) is 10.0 Å². The lowest BCUT2D eigenvalue weighted by Crippen LogP contribution is -2.04. The van der Waals surface area contributed by atoms with E-state index >= 15 is 0 Å². The van der Waals surface area contributed by atoms with Gasteiger partial charge in [-0.15, -0.1) is 0 Å². The summed E-state index contributed by atoms with van der Waals surface area (Å²) in [7, 11) is 0. The predicted molar refractivity (Wildman–Crippen MR) is 96.3 cm³/mol. The molecule has 2 aromatic rings. The van der Waals surface area contributed by atoms with Crippen LogP contribution in [0.4, 0.5) is 0 Å². The van der Waals surface area contributed by atoms with Gasteiger partial charge in [0.15, 0.2) is 0 Å². The highest BCUT2D eigenvalue weighted by atomic mass is 35.5. The number of hydrogen-bond acceptors (Lipinski definition) is 3. The van der Waals surface area contributed by atoms with Gasteiger partial charge < -0.3 is 10.2 Å². The number of halogens is 2. The van der Waals surface area contributed by atoms with Crippen molar-refractivity contribution in [3.63, 3.8) is 0 Å². The van der Waals surface area contributed by atoms with Gasteiger partial charge in [0, 0.05) is 27.4 Å². The van der Waals surface area contributed by atoms with E-state index in [1.54, 1.807) is 43.3 Å². The highest BCUT2D eigenvalue weighted by Gasteiger charge is 2.14. The maximum atomic E-state index is 10.6. The first kappa shape index (κ1) is 18.0. The number of benzene rings is 2. The van der Waals surface area contributed by atoms with Gasteiger partial charge in [-0.3, -0.25) is 9.79 Å². The van der Waals surface area contributed by atoms with Crippen LogP contribution >= 0.6 is 23.2 Å². The average molecular weight is 364 g/mol. The standard InChI is InChI=1S/C18H15Cl2NO3/c1-11-9-14(20)10-15(18(11)24)17(21-8-2-3-16(22)23)12-4-6-13(19)7-5-12/h2,4-10,24H,3H2,1H3,(H,22,23). The molecule has 0 amide bonds. The van der Waals surface area contributed by atoms with Gasteiger partial charge in [-0.25, -0.2) is 0 Å². The largest absolute Gasteiger partial charge is 0.507 e. The molecule has 0 atom stereocenters. The summed E-state index contributed by atoms with van der Waals surface area (Å²) >= 11 is 12.0. The maximum absolute atomic E-state index is 10.6. The number of nitrogens with zero attached hydrogens (tertiary/aromatic N) is 1. The quantitative estimate of drug-likeness (QED) is 0.747. The molecule has 6 heteroatoms. The van der Waals surface area contributed by atoms with E-state index in [1.165, 1.54) is 12.3 Å². The molecule has 0 aliphatic heterocycles. The third-order valence-corrected chi connectivity index (χ3v) is 3.71. The second kappa shape index (κ2) is 7.99. The molecular weight excluding hydrogens is 349 g/mol. The molecule has 2 aromatic carbocycles. The summed E-state index contributed by atoms with van der Waals surface area (Å²) in [6.45, 7) is 1.74. The molecule has 0 fully saturated rings. The number of phenolic OH excluding ortho intramolecular Hbond substituents is 1. The van der Waals surface area contributed by atoms with E-state index in [4.69, 9.17) is 28.3 Å². The molecule has 0 heterocycles. The number of aliphatic carboxylic acids is 1. The lowest BCUT2D eigenvalue weighted by atomic mass is 9.99. The minimum atomic E-state index is -0.948. The number of carbonyl (C=O) groups is 1. The van der Waals surface area contributed by atoms with Crippen molar-refractivity contribution in [2.75, 3.05) is 0 Å². The van der Waals surface area contributed by atoms with E-state index in [1.807, 2.05) is 0 Å². The molecule has 0 aromatic heterocycles. The molecule has 2 N–H and O–H groups in total. The van der Waals surface area contributed by atoms with Crippen molar-refractivity contribution in [3.05, 3.63) is 75.4 Å². The third-order valence-electron chi connectivity index (χ3n) is 3.24. The number of aliphatic imine (C=N–C) groups is 1. The fourth-order valence-electron chi connectivity index (χ4n) is 2.10. The van der Waals surface area contributed by atoms with Gasteiger partial charge in [-0.05, 0) is 36.8 Å². The van der Waals surface area contributed by atoms with Gasteiger partial charge in [0.1, 0.15) is 5.75 Å². The molecule has 24 heavy (non-hydrogen) atoms. The average Bonchev–Trinajstić information content (AvgIpc) is 2.52. The topological polar surface area (TPSA) is 69.9 Å². The molecule has 124 valence electrons. The first-order chi connectivity index (χ1) is 11.4. The Morgan fingerprint density at radius 1 is 1.17 bits per heavy atom. The van der Waals surface area contributed by atoms with Crippen LogP contribution in [0.5, 0.6) is 5.75 Å². The Morgan fingerprint density at radius 3 is 2.46 bits per heavy atom. The fourth-order valence-corrected chi connectivity index (χ4v) is 2.50. The van der Waals surface area contributed by atoms with Crippen molar-refractivity contribution >= 4 is 34.9 Å². The van der Waals surface area contributed by atoms with Crippen molar-refractivity contribution in [1.29, 1.82) is 0 Å². The van der Waals surface area contributed by atoms with Crippen molar-refractivity contribution in [2.24, 2.45) is 4.99 Å². The van der Waals surface area contributed by atoms with Crippen LogP contribution < -0.4 is 0 Å². The molecule has 0 spiro atoms. The number of carboxylic acid groups (broad SMARTS) is 1. The molecule has 0 saturated carbocycles. The van der Waals surface area contributed by atoms with Gasteiger partial charge >= 0.3 is 5.97 Å². The molecule has 2 rings (SSSR count). The summed E-state index contributed by atoms with van der Waals surface area (Å²) in [6.07, 6.45) is 2.68. The SMILES string of the molecule is Cc1cc(Cl)cc(C(=NC=CCC(=O)O)c2ccc(Cl)cc2)c1O. The van der Waals surface area contributed by atoms with Crippen LogP contribution in [0.1, 0.15) is 23.1 Å². The lowest BCUT2D eigenvalue weighted by molar-refractivity contribution is -0.136. The highest BCUT2D eigenvalue weighted by molar-refractivity contribution is 6.32. The number of rotatable bonds is 5. The Bertz CT molecular complexity index is 812. The highest BCUT2D eigenvalue weighted by Crippen LogP contribution is 2.29. The summed E-state index contributed by atoms with van der Waals surface area (Å²) in [6, 6.07) is 10.2. The minimum Gasteiger partial charge on any atom is -0.507 e. The minimum absolute atomic E-state index is 0.0692. The van der Waals surface area contributed by atoms with E-state index < -0.39 is 5.97 Å². The second-order valence-electron chi connectivity index (χ2n) is 5.09. The molecule has 0 saturated heterocycles. The van der Waals surface area contributed by atoms with E-state index in [2.05, 4.69) is 4.99 Å². The zero-order valence-corrected chi connectivity index (χ0v) is 14.3. The normalized spacial score (nSPS) is 11.9. The van der Waals surface area contributed by atoms with E-state index in [0.29, 0.717) is 26.9 Å². The smallest absolute Gasteiger partial charge is 0.307 e. The number of aryl methyl sites for hydroxylation is 1. The number of carboxylic acids is 1. The summed E-state index contributed by atoms with van der Waals surface area (Å²) in [4.78, 5) is 14.9. The number of aromatic hydroxyl groups is 1. The van der Waals surface area contributed by atoms with Crippen molar-refractivity contribution < 1.29 is 15.0 Å². The molecule has 0 aliphatic carbocycles. The Hall–Kier alpha value is -2.30. The Morgan fingerprint density at radius 2 is 1.83 bits per heavy atom. The van der Waals surface area contributed by atoms with Crippen LogP contribution in [0.3, 0.4) is 0 Å². The number of phenols is 1. The Balaban J connectivity index is 2.55. The summed E-state index contributed by atoms with van der Waals surface area (Å²) in [5.41, 5.74) is 2.27. The van der Waals surface area contributed by atoms with E-state index in [0.717, 1.165) is 5.56 Å². The van der Waals surface area contributed by atoms with Crippen molar-refractivity contribution in [1.82, 2.24) is 0 Å². The lowest BCUT2D eigenvalue weighted by Gasteiger charge is -2.11. The molecular formula is C18H15Cl2NO3. The zero-order valence-electron chi connectivity index (χ0n) is 12.8. The zero-order chi connectivity index (χ0) is 17.7. The summed E-state index contributed by atoms with van der Waals surface area (Å²) in [5, 5.41) is 20.1. The van der Waals surface area contributed by atoms with Crippen LogP contribution in [-0.4, -0.2) is 21.9 Å². The van der Waals surface area contributed by atoms with E-state index in [-0.39, 0.29) is 12.2 Å². The van der Waals surface area contributed by atoms with Crippen molar-refractivity contribution in [2.45, 2.75) is 13.3 Å². The maximum Gasteiger partial charge on any atom is 0.307 e. The molecule has 0 unspecified atom stereocenters. The number of hydrogen-bond donors (Lipinski definition) is 2. The van der Waals surface area contributed by atoms with Gasteiger partial charge in [0.2, 0.25) is 0 Å². The predicted octanol–water partition coefficient (Wildman–Crippen LogP) is 4.83. The second-order valence-corrected chi connectivity index (χ2v) is 5.96. The molecule has 4 nitrogen and oxygen atoms in total. The Kier molecular flexibility index (Phi) is 6.01. The first-order valence-electron chi connectivity index (χ1n) is 7.08. The van der Waals surface area contributed by atoms with Gasteiger partial charge in [0.25, 0.3) is 0 Å². The van der Waals surface area contributed by atoms with Gasteiger partial charge in [-0.2, -0.15) is 0 Å². The Labute approximate surface area is 149 Å². The monoisotopic (exact) mass is 363 g/mol. The van der Waals surface area contributed by atoms with Gasteiger partial charge in [-0.1, -0.05) is 41.4 Å². The molecule has 0 radical (unpaired) electrons.